The quantitative estimate of drug-likeness (QED) is 0.584. The molecule has 18 heavy (non-hydrogen) atoms. The van der Waals surface area contributed by atoms with Gasteiger partial charge in [0.25, 0.3) is 0 Å². The van der Waals surface area contributed by atoms with Gasteiger partial charge in [-0.2, -0.15) is 0 Å². The smallest absolute Gasteiger partial charge is 0.465 e. The van der Waals surface area contributed by atoms with Crippen molar-refractivity contribution in [3.63, 3.8) is 0 Å². The molecule has 0 amide bonds. The molecule has 0 aromatic heterocycles. The summed E-state index contributed by atoms with van der Waals surface area (Å²) in [7, 11) is 0.957. The molecule has 0 unspecified atom stereocenters. The molecule has 0 spiro atoms. The lowest BCUT2D eigenvalue weighted by atomic mass is 9.77. The number of hydrogen-bond donors (Lipinski definition) is 0. The van der Waals surface area contributed by atoms with E-state index in [0.29, 0.717) is 12.2 Å². The third-order valence-corrected chi connectivity index (χ3v) is 2.80. The highest BCUT2D eigenvalue weighted by Gasteiger charge is 2.38. The van der Waals surface area contributed by atoms with E-state index >= 15 is 0 Å². The number of rotatable bonds is 2. The van der Waals surface area contributed by atoms with Crippen LogP contribution in [0.4, 0.5) is 0 Å². The lowest BCUT2D eigenvalue weighted by molar-refractivity contribution is 0.0600. The maximum absolute atomic E-state index is 11.6. The Balaban J connectivity index is 2.29. The van der Waals surface area contributed by atoms with Crippen LogP contribution in [0.1, 0.15) is 29.8 Å². The average Bonchev–Trinajstić information content (AvgIpc) is 2.68. The van der Waals surface area contributed by atoms with Crippen LogP contribution in [0.5, 0.6) is 0 Å². The monoisotopic (exact) mass is 248 g/mol. The fraction of sp³-hybridized carbons (Fsp3) is 0.462. The van der Waals surface area contributed by atoms with Crippen LogP contribution in [0.15, 0.2) is 18.2 Å². The van der Waals surface area contributed by atoms with Gasteiger partial charge in [-0.15, -0.1) is 0 Å². The molecule has 96 valence electrons. The van der Waals surface area contributed by atoms with Gasteiger partial charge in [-0.3, -0.25) is 0 Å². The Morgan fingerprint density at radius 3 is 2.67 bits per heavy atom. The van der Waals surface area contributed by atoms with E-state index in [2.05, 4.69) is 0 Å². The van der Waals surface area contributed by atoms with E-state index in [1.807, 2.05) is 26.8 Å². The molecule has 0 N–H and O–H groups in total. The summed E-state index contributed by atoms with van der Waals surface area (Å²) in [5.41, 5.74) is 2.05. The number of ether oxygens (including phenoxy) is 1. The van der Waals surface area contributed by atoms with Gasteiger partial charge in [0, 0.05) is 0 Å². The first-order valence-electron chi connectivity index (χ1n) is 5.90. The number of methoxy groups -OCH3 is 1. The van der Waals surface area contributed by atoms with Crippen LogP contribution in [0, 0.1) is 6.92 Å². The largest absolute Gasteiger partial charge is 0.494 e. The number of carbonyl (C=O) groups excluding carboxylic acids is 1. The van der Waals surface area contributed by atoms with Gasteiger partial charge in [0.1, 0.15) is 0 Å². The third kappa shape index (κ3) is 2.74. The van der Waals surface area contributed by atoms with E-state index in [0.717, 1.165) is 11.0 Å². The van der Waals surface area contributed by atoms with Crippen LogP contribution in [0.3, 0.4) is 0 Å². The second-order valence-corrected chi connectivity index (χ2v) is 5.14. The second kappa shape index (κ2) is 4.74. The molecule has 0 radical (unpaired) electrons. The van der Waals surface area contributed by atoms with Crippen molar-refractivity contribution in [2.75, 3.05) is 13.7 Å². The molecule has 0 aliphatic carbocycles. The van der Waals surface area contributed by atoms with Crippen molar-refractivity contribution in [3.05, 3.63) is 29.3 Å². The normalized spacial score (nSPS) is 17.9. The van der Waals surface area contributed by atoms with Gasteiger partial charge in [-0.25, -0.2) is 4.79 Å². The maximum Gasteiger partial charge on any atom is 0.494 e. The zero-order chi connectivity index (χ0) is 13.3. The predicted octanol–water partition coefficient (Wildman–Crippen LogP) is 1.30. The summed E-state index contributed by atoms with van der Waals surface area (Å²) in [5.74, 6) is -0.350. The zero-order valence-electron chi connectivity index (χ0n) is 11.1. The summed E-state index contributed by atoms with van der Waals surface area (Å²) in [5, 5.41) is 0. The molecular formula is C13H17BO4. The molecule has 1 aromatic rings. The molecule has 5 heteroatoms. The summed E-state index contributed by atoms with van der Waals surface area (Å²) in [6, 6.07) is 5.50. The minimum Gasteiger partial charge on any atom is -0.465 e. The first-order valence-corrected chi connectivity index (χ1v) is 5.90. The van der Waals surface area contributed by atoms with Gasteiger partial charge in [0.2, 0.25) is 0 Å². The van der Waals surface area contributed by atoms with Gasteiger partial charge in [0.15, 0.2) is 0 Å². The molecule has 0 atom stereocenters. The first kappa shape index (κ1) is 13.1. The van der Waals surface area contributed by atoms with E-state index in [1.165, 1.54) is 7.11 Å². The number of carbonyl (C=O) groups is 1. The van der Waals surface area contributed by atoms with Crippen LogP contribution in [0.25, 0.3) is 0 Å². The molecule has 1 heterocycles. The predicted molar refractivity (Wildman–Crippen MR) is 69.0 cm³/mol. The van der Waals surface area contributed by atoms with Crippen molar-refractivity contribution in [1.82, 2.24) is 0 Å². The molecule has 0 saturated carbocycles. The highest BCUT2D eigenvalue weighted by atomic mass is 16.7. The van der Waals surface area contributed by atoms with Gasteiger partial charge in [-0.05, 0) is 38.4 Å². The standard InChI is InChI=1S/C13H17BO4/c1-9-5-10(12(15)16-4)7-11(6-9)14-17-8-13(2,3)18-14/h5-7H,8H2,1-4H3. The Kier molecular flexibility index (Phi) is 3.46. The fourth-order valence-electron chi connectivity index (χ4n) is 1.98. The van der Waals surface area contributed by atoms with Crippen LogP contribution < -0.4 is 5.46 Å². The molecule has 1 aliphatic rings. The fourth-order valence-corrected chi connectivity index (χ4v) is 1.98. The average molecular weight is 248 g/mol. The number of hydrogen-bond acceptors (Lipinski definition) is 4. The lowest BCUT2D eigenvalue weighted by Gasteiger charge is -2.15. The highest BCUT2D eigenvalue weighted by molar-refractivity contribution is 6.62. The Morgan fingerprint density at radius 2 is 2.11 bits per heavy atom. The molecule has 0 bridgehead atoms. The molecule has 2 rings (SSSR count). The van der Waals surface area contributed by atoms with E-state index in [-0.39, 0.29) is 11.6 Å². The zero-order valence-corrected chi connectivity index (χ0v) is 11.1. The first-order chi connectivity index (χ1) is 8.41. The second-order valence-electron chi connectivity index (χ2n) is 5.14. The van der Waals surface area contributed by atoms with E-state index in [1.54, 1.807) is 12.1 Å². The molecule has 1 fully saturated rings. The number of aryl methyl sites for hydroxylation is 1. The maximum atomic E-state index is 11.6. The molecular weight excluding hydrogens is 231 g/mol. The van der Waals surface area contributed by atoms with Crippen molar-refractivity contribution in [1.29, 1.82) is 0 Å². The minimum atomic E-state index is -0.414. The van der Waals surface area contributed by atoms with Gasteiger partial charge < -0.3 is 14.0 Å². The molecule has 1 aromatic carbocycles. The summed E-state index contributed by atoms with van der Waals surface area (Å²) < 4.78 is 16.1. The minimum absolute atomic E-state index is 0.292. The van der Waals surface area contributed by atoms with Gasteiger partial charge in [0.05, 0.1) is 24.9 Å². The van der Waals surface area contributed by atoms with Crippen LogP contribution in [0.2, 0.25) is 0 Å². The van der Waals surface area contributed by atoms with Gasteiger partial charge >= 0.3 is 13.1 Å². The summed E-state index contributed by atoms with van der Waals surface area (Å²) in [4.78, 5) is 11.6. The number of benzene rings is 1. The molecule has 4 nitrogen and oxygen atoms in total. The van der Waals surface area contributed by atoms with E-state index in [4.69, 9.17) is 14.0 Å². The molecule has 1 aliphatic heterocycles. The van der Waals surface area contributed by atoms with Crippen molar-refractivity contribution in [3.8, 4) is 0 Å². The SMILES string of the molecule is COC(=O)c1cc(C)cc(B2OCC(C)(C)O2)c1. The van der Waals surface area contributed by atoms with Gasteiger partial charge in [-0.1, -0.05) is 11.6 Å². The Hall–Kier alpha value is -1.33. The van der Waals surface area contributed by atoms with Crippen molar-refractivity contribution >= 4 is 18.6 Å². The van der Waals surface area contributed by atoms with Crippen molar-refractivity contribution in [2.24, 2.45) is 0 Å². The Bertz CT molecular complexity index is 470. The Morgan fingerprint density at radius 1 is 1.39 bits per heavy atom. The highest BCUT2D eigenvalue weighted by Crippen LogP contribution is 2.20. The van der Waals surface area contributed by atoms with Crippen molar-refractivity contribution in [2.45, 2.75) is 26.4 Å². The van der Waals surface area contributed by atoms with Crippen LogP contribution in [-0.4, -0.2) is 32.4 Å². The van der Waals surface area contributed by atoms with E-state index < -0.39 is 7.12 Å². The van der Waals surface area contributed by atoms with Crippen molar-refractivity contribution < 1.29 is 18.8 Å². The lowest BCUT2D eigenvalue weighted by Crippen LogP contribution is -2.35. The summed E-state index contributed by atoms with van der Waals surface area (Å²) in [6.07, 6.45) is 0. The summed E-state index contributed by atoms with van der Waals surface area (Å²) >= 11 is 0. The Labute approximate surface area is 107 Å². The number of esters is 1. The summed E-state index contributed by atoms with van der Waals surface area (Å²) in [6.45, 7) is 6.42. The topological polar surface area (TPSA) is 44.8 Å². The van der Waals surface area contributed by atoms with Crippen LogP contribution in [-0.2, 0) is 14.0 Å². The van der Waals surface area contributed by atoms with Crippen LogP contribution >= 0.6 is 0 Å². The molecule has 1 saturated heterocycles. The van der Waals surface area contributed by atoms with E-state index in [9.17, 15) is 4.79 Å². The third-order valence-electron chi connectivity index (χ3n) is 2.80.